The number of hydrogen-bond acceptors (Lipinski definition) is 3. The average molecular weight is 250 g/mol. The van der Waals surface area contributed by atoms with Crippen LogP contribution >= 0.6 is 0 Å². The molecule has 0 bridgehead atoms. The van der Waals surface area contributed by atoms with Crippen molar-refractivity contribution < 1.29 is 4.74 Å². The minimum absolute atomic E-state index is 0.375. The molecule has 1 rings (SSSR count). The maximum absolute atomic E-state index is 5.75. The maximum Gasteiger partial charge on any atom is 0.122 e. The van der Waals surface area contributed by atoms with Gasteiger partial charge in [-0.2, -0.15) is 0 Å². The monoisotopic (exact) mass is 250 g/mol. The summed E-state index contributed by atoms with van der Waals surface area (Å²) in [4.78, 5) is 2.24. The molecule has 102 valence electrons. The van der Waals surface area contributed by atoms with E-state index in [1.807, 2.05) is 0 Å². The van der Waals surface area contributed by atoms with E-state index < -0.39 is 0 Å². The number of rotatable bonds is 5. The van der Waals surface area contributed by atoms with E-state index >= 15 is 0 Å². The first-order valence-corrected chi connectivity index (χ1v) is 6.45. The molecule has 0 saturated carbocycles. The van der Waals surface area contributed by atoms with Gasteiger partial charge in [0, 0.05) is 6.04 Å². The summed E-state index contributed by atoms with van der Waals surface area (Å²) in [6.45, 7) is 7.14. The zero-order valence-corrected chi connectivity index (χ0v) is 12.5. The molecule has 0 aliphatic heterocycles. The van der Waals surface area contributed by atoms with E-state index in [1.54, 1.807) is 7.11 Å². The first-order chi connectivity index (χ1) is 8.43. The normalized spacial score (nSPS) is 12.9. The Morgan fingerprint density at radius 3 is 2.28 bits per heavy atom. The molecule has 1 atom stereocenters. The maximum atomic E-state index is 5.75. The molecule has 18 heavy (non-hydrogen) atoms. The Balaban J connectivity index is 3.34. The van der Waals surface area contributed by atoms with Gasteiger partial charge in [0.15, 0.2) is 0 Å². The molecule has 0 fully saturated rings. The number of methoxy groups -OCH3 is 1. The second kappa shape index (κ2) is 6.21. The van der Waals surface area contributed by atoms with Gasteiger partial charge >= 0.3 is 0 Å². The highest BCUT2D eigenvalue weighted by molar-refractivity contribution is 5.49. The van der Waals surface area contributed by atoms with E-state index in [4.69, 9.17) is 10.5 Å². The lowest BCUT2D eigenvalue weighted by Gasteiger charge is -2.29. The van der Waals surface area contributed by atoms with Crippen molar-refractivity contribution in [1.29, 1.82) is 0 Å². The number of nitrogens with zero attached hydrogens (tertiary/aromatic N) is 1. The first-order valence-electron chi connectivity index (χ1n) is 6.45. The van der Waals surface area contributed by atoms with Crippen LogP contribution in [0, 0.1) is 20.8 Å². The van der Waals surface area contributed by atoms with E-state index in [0.717, 1.165) is 12.2 Å². The quantitative estimate of drug-likeness (QED) is 0.873. The largest absolute Gasteiger partial charge is 0.496 e. The van der Waals surface area contributed by atoms with Crippen molar-refractivity contribution in [2.45, 2.75) is 33.2 Å². The van der Waals surface area contributed by atoms with Gasteiger partial charge in [0.05, 0.1) is 7.11 Å². The van der Waals surface area contributed by atoms with Crippen molar-refractivity contribution in [3.63, 3.8) is 0 Å². The Labute approximate surface area is 111 Å². The van der Waals surface area contributed by atoms with Crippen LogP contribution < -0.4 is 10.5 Å². The molecule has 0 aliphatic carbocycles. The van der Waals surface area contributed by atoms with Crippen LogP contribution in [0.5, 0.6) is 5.75 Å². The second-order valence-corrected chi connectivity index (χ2v) is 5.12. The van der Waals surface area contributed by atoms with Gasteiger partial charge in [-0.15, -0.1) is 0 Å². The molecule has 1 aromatic carbocycles. The van der Waals surface area contributed by atoms with Crippen molar-refractivity contribution in [2.75, 3.05) is 27.7 Å². The fraction of sp³-hybridized carbons (Fsp3) is 0.600. The molecule has 2 N–H and O–H groups in total. The van der Waals surface area contributed by atoms with Gasteiger partial charge < -0.3 is 15.4 Å². The smallest absolute Gasteiger partial charge is 0.122 e. The van der Waals surface area contributed by atoms with Crippen LogP contribution in [0.15, 0.2) is 6.07 Å². The summed E-state index contributed by atoms with van der Waals surface area (Å²) in [5.74, 6) is 0.971. The molecular weight excluding hydrogens is 224 g/mol. The second-order valence-electron chi connectivity index (χ2n) is 5.12. The Hall–Kier alpha value is -1.06. The molecule has 0 radical (unpaired) electrons. The molecule has 0 aromatic heterocycles. The Kier molecular flexibility index (Phi) is 5.17. The lowest BCUT2D eigenvalue weighted by Crippen LogP contribution is -2.24. The predicted molar refractivity (Wildman–Crippen MR) is 77.3 cm³/mol. The summed E-state index contributed by atoms with van der Waals surface area (Å²) in [6, 6.07) is 2.50. The third kappa shape index (κ3) is 2.85. The van der Waals surface area contributed by atoms with Gasteiger partial charge in [-0.25, -0.2) is 0 Å². The highest BCUT2D eigenvalue weighted by Gasteiger charge is 2.20. The third-order valence-corrected chi connectivity index (χ3v) is 3.73. The number of nitrogens with two attached hydrogens (primary N) is 1. The number of aryl methyl sites for hydroxylation is 1. The summed E-state index contributed by atoms with van der Waals surface area (Å²) >= 11 is 0. The van der Waals surface area contributed by atoms with E-state index in [9.17, 15) is 0 Å². The van der Waals surface area contributed by atoms with Crippen molar-refractivity contribution in [2.24, 2.45) is 5.73 Å². The van der Waals surface area contributed by atoms with Gasteiger partial charge in [-0.3, -0.25) is 0 Å². The molecule has 0 spiro atoms. The van der Waals surface area contributed by atoms with E-state index in [2.05, 4.69) is 45.8 Å². The molecule has 3 heteroatoms. The number of hydrogen-bond donors (Lipinski definition) is 1. The summed E-state index contributed by atoms with van der Waals surface area (Å²) in [5, 5.41) is 0. The molecule has 0 saturated heterocycles. The third-order valence-electron chi connectivity index (χ3n) is 3.73. The minimum atomic E-state index is 0.375. The van der Waals surface area contributed by atoms with Crippen LogP contribution in [0.4, 0.5) is 0 Å². The highest BCUT2D eigenvalue weighted by Crippen LogP contribution is 2.34. The molecule has 0 heterocycles. The number of benzene rings is 1. The standard InChI is InChI=1S/C15H26N2O/c1-10-9-14(18-6)11(2)12(3)15(10)13(7-8-16)17(4)5/h9,13H,7-8,16H2,1-6H3. The topological polar surface area (TPSA) is 38.5 Å². The van der Waals surface area contributed by atoms with Gasteiger partial charge in [0.1, 0.15) is 5.75 Å². The van der Waals surface area contributed by atoms with Crippen LogP contribution in [0.2, 0.25) is 0 Å². The lowest BCUT2D eigenvalue weighted by atomic mass is 9.90. The van der Waals surface area contributed by atoms with Gasteiger partial charge in [0.2, 0.25) is 0 Å². The first kappa shape index (κ1) is 15.0. The van der Waals surface area contributed by atoms with Crippen LogP contribution in [-0.2, 0) is 0 Å². The van der Waals surface area contributed by atoms with Crippen molar-refractivity contribution in [1.82, 2.24) is 4.90 Å². The molecule has 1 aromatic rings. The SMILES string of the molecule is COc1cc(C)c(C(CCN)N(C)C)c(C)c1C. The van der Waals surface area contributed by atoms with Crippen molar-refractivity contribution in [3.05, 3.63) is 28.3 Å². The van der Waals surface area contributed by atoms with Crippen LogP contribution in [0.1, 0.15) is 34.7 Å². The van der Waals surface area contributed by atoms with E-state index in [-0.39, 0.29) is 0 Å². The average Bonchev–Trinajstić information content (AvgIpc) is 2.32. The van der Waals surface area contributed by atoms with Crippen molar-refractivity contribution >= 4 is 0 Å². The number of ether oxygens (including phenoxy) is 1. The predicted octanol–water partition coefficient (Wildman–Crippen LogP) is 2.57. The lowest BCUT2D eigenvalue weighted by molar-refractivity contribution is 0.284. The molecule has 0 amide bonds. The summed E-state index contributed by atoms with van der Waals surface area (Å²) in [7, 11) is 5.95. The Morgan fingerprint density at radius 1 is 1.22 bits per heavy atom. The fourth-order valence-electron chi connectivity index (χ4n) is 2.61. The fourth-order valence-corrected chi connectivity index (χ4v) is 2.61. The van der Waals surface area contributed by atoms with E-state index in [1.165, 1.54) is 22.3 Å². The summed E-state index contributed by atoms with van der Waals surface area (Å²) < 4.78 is 5.42. The minimum Gasteiger partial charge on any atom is -0.496 e. The zero-order valence-electron chi connectivity index (χ0n) is 12.5. The molecule has 3 nitrogen and oxygen atoms in total. The van der Waals surface area contributed by atoms with Crippen LogP contribution in [-0.4, -0.2) is 32.6 Å². The molecule has 0 aliphatic rings. The highest BCUT2D eigenvalue weighted by atomic mass is 16.5. The summed E-state index contributed by atoms with van der Waals surface area (Å²) in [6.07, 6.45) is 0.973. The van der Waals surface area contributed by atoms with E-state index in [0.29, 0.717) is 12.6 Å². The molecule has 1 unspecified atom stereocenters. The summed E-state index contributed by atoms with van der Waals surface area (Å²) in [5.41, 5.74) is 11.0. The van der Waals surface area contributed by atoms with Crippen LogP contribution in [0.25, 0.3) is 0 Å². The Bertz CT molecular complexity index is 413. The zero-order chi connectivity index (χ0) is 13.9. The van der Waals surface area contributed by atoms with Crippen molar-refractivity contribution in [3.8, 4) is 5.75 Å². The van der Waals surface area contributed by atoms with Gasteiger partial charge in [-0.05, 0) is 76.2 Å². The Morgan fingerprint density at radius 2 is 1.83 bits per heavy atom. The van der Waals surface area contributed by atoms with Gasteiger partial charge in [-0.1, -0.05) is 0 Å². The van der Waals surface area contributed by atoms with Crippen LogP contribution in [0.3, 0.4) is 0 Å². The molecular formula is C15H26N2O. The van der Waals surface area contributed by atoms with Gasteiger partial charge in [0.25, 0.3) is 0 Å².